The van der Waals surface area contributed by atoms with E-state index in [9.17, 15) is 18.0 Å². The zero-order chi connectivity index (χ0) is 19.3. The van der Waals surface area contributed by atoms with Gasteiger partial charge in [-0.05, 0) is 42.9 Å². The summed E-state index contributed by atoms with van der Waals surface area (Å²) in [6, 6.07) is 3.29. The first-order valence-electron chi connectivity index (χ1n) is 8.29. The van der Waals surface area contributed by atoms with E-state index in [1.807, 2.05) is 20.8 Å². The third-order valence-corrected chi connectivity index (χ3v) is 5.42. The molecule has 4 N–H and O–H groups in total. The predicted molar refractivity (Wildman–Crippen MR) is 90.5 cm³/mol. The molecule has 0 spiro atoms. The van der Waals surface area contributed by atoms with E-state index in [4.69, 9.17) is 10.2 Å². The molecule has 1 heterocycles. The second-order valence-electron chi connectivity index (χ2n) is 7.38. The van der Waals surface area contributed by atoms with E-state index in [2.05, 4.69) is 15.5 Å². The first-order chi connectivity index (χ1) is 12.0. The van der Waals surface area contributed by atoms with Crippen molar-refractivity contribution in [2.75, 3.05) is 5.32 Å². The van der Waals surface area contributed by atoms with E-state index in [1.54, 1.807) is 0 Å². The predicted octanol–water partition coefficient (Wildman–Crippen LogP) is 3.22. The number of hydrogen-bond donors (Lipinski definition) is 3. The molecule has 3 atom stereocenters. The number of halogens is 3. The van der Waals surface area contributed by atoms with Gasteiger partial charge in [0.05, 0.1) is 5.56 Å². The molecule has 2 aromatic rings. The lowest BCUT2D eigenvalue weighted by atomic mass is 9.56. The number of alkyl halides is 3. The molecule has 9 heteroatoms. The fourth-order valence-electron chi connectivity index (χ4n) is 3.59. The zero-order valence-corrected chi connectivity index (χ0v) is 14.6. The number of rotatable bonds is 4. The van der Waals surface area contributed by atoms with E-state index < -0.39 is 17.5 Å². The van der Waals surface area contributed by atoms with Crippen molar-refractivity contribution in [1.82, 2.24) is 10.2 Å². The normalized spacial score (nSPS) is 23.3. The Kier molecular flexibility index (Phi) is 4.38. The lowest BCUT2D eigenvalue weighted by Crippen LogP contribution is -2.59. The molecule has 0 bridgehead atoms. The Morgan fingerprint density at radius 3 is 2.62 bits per heavy atom. The Hall–Kier alpha value is -2.29. The Morgan fingerprint density at radius 1 is 1.42 bits per heavy atom. The minimum Gasteiger partial charge on any atom is -0.388 e. The van der Waals surface area contributed by atoms with Crippen LogP contribution >= 0.6 is 0 Å². The molecule has 6 nitrogen and oxygen atoms in total. The number of aromatic nitrogens is 2. The fraction of sp³-hybridized carbons (Fsp3) is 0.529. The van der Waals surface area contributed by atoms with Gasteiger partial charge < -0.3 is 15.5 Å². The number of hydrogen-bond acceptors (Lipinski definition) is 5. The largest absolute Gasteiger partial charge is 0.434 e. The van der Waals surface area contributed by atoms with Gasteiger partial charge in [0.2, 0.25) is 5.89 Å². The standard InChI is InChI=1S/C17H21F3N4O2/c1-8(11-7-13(21)16(11,2)3)22-12-6-9(14-23-24-15(25)26-14)4-5-10(12)17(18,19)20/h4-6,8,11,13,22H,7,21H2,1-3H3,(H,24,25)/t8?,11-,13-/m1/s1. The van der Waals surface area contributed by atoms with Crippen LogP contribution in [0.4, 0.5) is 18.9 Å². The zero-order valence-electron chi connectivity index (χ0n) is 14.6. The summed E-state index contributed by atoms with van der Waals surface area (Å²) in [6.45, 7) is 5.88. The van der Waals surface area contributed by atoms with Gasteiger partial charge in [0.15, 0.2) is 0 Å². The highest BCUT2D eigenvalue weighted by Crippen LogP contribution is 2.48. The van der Waals surface area contributed by atoms with Gasteiger partial charge in [0.25, 0.3) is 0 Å². The second-order valence-corrected chi connectivity index (χ2v) is 7.38. The Bertz CT molecular complexity index is 856. The molecule has 1 saturated carbocycles. The summed E-state index contributed by atoms with van der Waals surface area (Å²) in [6.07, 6.45) is -3.77. The first-order valence-corrected chi connectivity index (χ1v) is 8.29. The molecule has 1 unspecified atom stereocenters. The van der Waals surface area contributed by atoms with Crippen LogP contribution < -0.4 is 16.8 Å². The maximum Gasteiger partial charge on any atom is 0.434 e. The fourth-order valence-corrected chi connectivity index (χ4v) is 3.59. The smallest absolute Gasteiger partial charge is 0.388 e. The van der Waals surface area contributed by atoms with E-state index >= 15 is 0 Å². The highest BCUT2D eigenvalue weighted by Gasteiger charge is 2.48. The third-order valence-electron chi connectivity index (χ3n) is 5.42. The summed E-state index contributed by atoms with van der Waals surface area (Å²) in [4.78, 5) is 11.1. The molecule has 0 radical (unpaired) electrons. The van der Waals surface area contributed by atoms with Crippen LogP contribution in [0.1, 0.15) is 32.8 Å². The van der Waals surface area contributed by atoms with Gasteiger partial charge in [-0.1, -0.05) is 13.8 Å². The van der Waals surface area contributed by atoms with E-state index in [-0.39, 0.29) is 40.6 Å². The Balaban J connectivity index is 1.94. The monoisotopic (exact) mass is 370 g/mol. The summed E-state index contributed by atoms with van der Waals surface area (Å²) in [7, 11) is 0. The van der Waals surface area contributed by atoms with Crippen molar-refractivity contribution in [3.63, 3.8) is 0 Å². The lowest BCUT2D eigenvalue weighted by molar-refractivity contribution is -0.137. The molecular weight excluding hydrogens is 349 g/mol. The van der Waals surface area contributed by atoms with Crippen LogP contribution in [-0.2, 0) is 6.18 Å². The van der Waals surface area contributed by atoms with Crippen molar-refractivity contribution in [3.8, 4) is 11.5 Å². The van der Waals surface area contributed by atoms with Gasteiger partial charge in [0, 0.05) is 23.3 Å². The Labute approximate surface area is 148 Å². The number of H-pyrrole nitrogens is 1. The van der Waals surface area contributed by atoms with Crippen molar-refractivity contribution >= 4 is 5.69 Å². The molecule has 3 rings (SSSR count). The van der Waals surface area contributed by atoms with Gasteiger partial charge in [-0.25, -0.2) is 9.89 Å². The van der Waals surface area contributed by atoms with Gasteiger partial charge in [0.1, 0.15) is 0 Å². The summed E-state index contributed by atoms with van der Waals surface area (Å²) in [5.74, 6) is -0.691. The van der Waals surface area contributed by atoms with Crippen molar-refractivity contribution in [1.29, 1.82) is 0 Å². The van der Waals surface area contributed by atoms with Crippen LogP contribution in [0.2, 0.25) is 0 Å². The highest BCUT2D eigenvalue weighted by molar-refractivity contribution is 5.65. The summed E-state index contributed by atoms with van der Waals surface area (Å²) in [5, 5.41) is 8.74. The van der Waals surface area contributed by atoms with Crippen molar-refractivity contribution in [2.24, 2.45) is 17.1 Å². The van der Waals surface area contributed by atoms with Crippen LogP contribution in [-0.4, -0.2) is 22.3 Å². The Morgan fingerprint density at radius 2 is 2.12 bits per heavy atom. The molecule has 1 aliphatic rings. The quantitative estimate of drug-likeness (QED) is 0.768. The molecule has 0 saturated heterocycles. The van der Waals surface area contributed by atoms with Crippen molar-refractivity contribution < 1.29 is 17.6 Å². The second kappa shape index (κ2) is 6.15. The number of benzene rings is 1. The molecular formula is C17H21F3N4O2. The number of nitrogens with one attached hydrogen (secondary N) is 2. The molecule has 1 aromatic heterocycles. The molecule has 26 heavy (non-hydrogen) atoms. The molecule has 0 aliphatic heterocycles. The van der Waals surface area contributed by atoms with E-state index in [0.717, 1.165) is 12.5 Å². The highest BCUT2D eigenvalue weighted by atomic mass is 19.4. The van der Waals surface area contributed by atoms with Crippen LogP contribution in [0.25, 0.3) is 11.5 Å². The minimum atomic E-state index is -4.52. The molecule has 0 amide bonds. The number of anilines is 1. The van der Waals surface area contributed by atoms with Gasteiger partial charge in [-0.2, -0.15) is 13.2 Å². The molecule has 1 aliphatic carbocycles. The molecule has 1 fully saturated rings. The number of nitrogens with two attached hydrogens (primary N) is 1. The van der Waals surface area contributed by atoms with Crippen LogP contribution in [0.15, 0.2) is 27.4 Å². The van der Waals surface area contributed by atoms with Gasteiger partial charge >= 0.3 is 11.9 Å². The third kappa shape index (κ3) is 3.23. The summed E-state index contributed by atoms with van der Waals surface area (Å²) < 4.78 is 45.0. The van der Waals surface area contributed by atoms with Crippen LogP contribution in [0, 0.1) is 11.3 Å². The van der Waals surface area contributed by atoms with Crippen LogP contribution in [0.5, 0.6) is 0 Å². The molecule has 142 valence electrons. The number of nitrogens with zero attached hydrogens (tertiary/aromatic N) is 1. The summed E-state index contributed by atoms with van der Waals surface area (Å²) >= 11 is 0. The minimum absolute atomic E-state index is 0.0310. The van der Waals surface area contributed by atoms with Crippen molar-refractivity contribution in [2.45, 2.75) is 45.5 Å². The summed E-state index contributed by atoms with van der Waals surface area (Å²) in [5.41, 5.74) is 5.27. The average molecular weight is 370 g/mol. The average Bonchev–Trinajstić information content (AvgIpc) is 2.97. The van der Waals surface area contributed by atoms with Crippen LogP contribution in [0.3, 0.4) is 0 Å². The van der Waals surface area contributed by atoms with Gasteiger partial charge in [-0.3, -0.25) is 0 Å². The van der Waals surface area contributed by atoms with E-state index in [0.29, 0.717) is 0 Å². The van der Waals surface area contributed by atoms with Crippen molar-refractivity contribution in [3.05, 3.63) is 34.3 Å². The molecule has 1 aromatic carbocycles. The van der Waals surface area contributed by atoms with E-state index in [1.165, 1.54) is 12.1 Å². The van der Waals surface area contributed by atoms with Gasteiger partial charge in [-0.15, -0.1) is 5.10 Å². The number of aromatic amines is 1. The lowest BCUT2D eigenvalue weighted by Gasteiger charge is -2.53. The maximum atomic E-state index is 13.4. The maximum absolute atomic E-state index is 13.4. The SMILES string of the molecule is CC(Nc1cc(-c2n[nH]c(=O)o2)ccc1C(F)(F)F)[C@H]1C[C@@H](N)C1(C)C. The first kappa shape index (κ1) is 18.5. The topological polar surface area (TPSA) is 96.9 Å².